The van der Waals surface area contributed by atoms with Crippen LogP contribution in [0.5, 0.6) is 0 Å². The molecule has 2 heterocycles. The number of sulfonamides is 1. The molecular formula is C20H27N3O4S2. The molecule has 1 aromatic carbocycles. The number of nitrogens with one attached hydrogen (secondary N) is 2. The number of likely N-dealkylation sites (N-methyl/N-ethyl adjacent to an activating group) is 1. The summed E-state index contributed by atoms with van der Waals surface area (Å²) in [5, 5.41) is 6.98. The molecule has 0 spiro atoms. The van der Waals surface area contributed by atoms with Gasteiger partial charge in [-0.15, -0.1) is 0 Å². The van der Waals surface area contributed by atoms with Crippen molar-refractivity contribution in [3.05, 3.63) is 52.2 Å². The first-order valence-electron chi connectivity index (χ1n) is 9.55. The SMILES string of the molecule is CN(C)C(CNC(=O)c1cccc(S(=O)(=O)NCC2CCCO2)c1)c1ccsc1. The van der Waals surface area contributed by atoms with Crippen LogP contribution >= 0.6 is 11.3 Å². The van der Waals surface area contributed by atoms with Gasteiger partial charge in [-0.25, -0.2) is 13.1 Å². The van der Waals surface area contributed by atoms with E-state index in [1.807, 2.05) is 30.4 Å². The summed E-state index contributed by atoms with van der Waals surface area (Å²) >= 11 is 1.61. The van der Waals surface area contributed by atoms with E-state index in [1.54, 1.807) is 23.5 Å². The fraction of sp³-hybridized carbons (Fsp3) is 0.450. The van der Waals surface area contributed by atoms with Crippen LogP contribution in [0.2, 0.25) is 0 Å². The van der Waals surface area contributed by atoms with Crippen LogP contribution < -0.4 is 10.0 Å². The first kappa shape index (κ1) is 21.9. The summed E-state index contributed by atoms with van der Waals surface area (Å²) in [5.41, 5.74) is 1.45. The third kappa shape index (κ3) is 5.86. The normalized spacial score (nSPS) is 18.1. The molecule has 1 fully saturated rings. The molecule has 1 aliphatic rings. The zero-order valence-electron chi connectivity index (χ0n) is 16.6. The number of amides is 1. The molecule has 1 amide bonds. The largest absolute Gasteiger partial charge is 0.377 e. The van der Waals surface area contributed by atoms with E-state index in [0.717, 1.165) is 18.4 Å². The maximum absolute atomic E-state index is 12.6. The molecule has 1 saturated heterocycles. The second-order valence-corrected chi connectivity index (χ2v) is 9.81. The summed E-state index contributed by atoms with van der Waals surface area (Å²) < 4.78 is 33.2. The predicted molar refractivity (Wildman–Crippen MR) is 114 cm³/mol. The van der Waals surface area contributed by atoms with Crippen LogP contribution in [-0.2, 0) is 14.8 Å². The van der Waals surface area contributed by atoms with Crippen LogP contribution in [0.4, 0.5) is 0 Å². The number of benzene rings is 1. The molecule has 3 rings (SSSR count). The second kappa shape index (κ2) is 9.82. The Morgan fingerprint density at radius 2 is 2.17 bits per heavy atom. The minimum Gasteiger partial charge on any atom is -0.377 e. The number of carbonyl (C=O) groups excluding carboxylic acids is 1. The van der Waals surface area contributed by atoms with Crippen molar-refractivity contribution in [2.24, 2.45) is 0 Å². The molecule has 2 aromatic rings. The van der Waals surface area contributed by atoms with Gasteiger partial charge in [-0.3, -0.25) is 4.79 Å². The summed E-state index contributed by atoms with van der Waals surface area (Å²) in [6.07, 6.45) is 1.71. The van der Waals surface area contributed by atoms with Crippen LogP contribution in [0.3, 0.4) is 0 Å². The molecule has 7 nitrogen and oxygen atoms in total. The van der Waals surface area contributed by atoms with Gasteiger partial charge in [0.15, 0.2) is 0 Å². The monoisotopic (exact) mass is 437 g/mol. The molecule has 9 heteroatoms. The Balaban J connectivity index is 1.64. The smallest absolute Gasteiger partial charge is 0.251 e. The molecule has 2 N–H and O–H groups in total. The van der Waals surface area contributed by atoms with Crippen molar-refractivity contribution in [3.63, 3.8) is 0 Å². The molecule has 0 radical (unpaired) electrons. The molecule has 158 valence electrons. The highest BCUT2D eigenvalue weighted by Crippen LogP contribution is 2.20. The van der Waals surface area contributed by atoms with Gasteiger partial charge in [0.2, 0.25) is 10.0 Å². The topological polar surface area (TPSA) is 87.7 Å². The van der Waals surface area contributed by atoms with Crippen molar-refractivity contribution in [1.29, 1.82) is 0 Å². The Morgan fingerprint density at radius 3 is 2.83 bits per heavy atom. The lowest BCUT2D eigenvalue weighted by atomic mass is 10.1. The Morgan fingerprint density at radius 1 is 1.34 bits per heavy atom. The van der Waals surface area contributed by atoms with E-state index in [4.69, 9.17) is 4.74 Å². The number of thiophene rings is 1. The molecule has 2 unspecified atom stereocenters. The van der Waals surface area contributed by atoms with Crippen molar-refractivity contribution in [3.8, 4) is 0 Å². The quantitative estimate of drug-likeness (QED) is 0.628. The van der Waals surface area contributed by atoms with Crippen molar-refractivity contribution >= 4 is 27.3 Å². The van der Waals surface area contributed by atoms with Crippen molar-refractivity contribution < 1.29 is 17.9 Å². The molecular weight excluding hydrogens is 410 g/mol. The summed E-state index contributed by atoms with van der Waals surface area (Å²) in [4.78, 5) is 14.7. The van der Waals surface area contributed by atoms with Crippen molar-refractivity contribution in [1.82, 2.24) is 14.9 Å². The Bertz CT molecular complexity index is 908. The van der Waals surface area contributed by atoms with Crippen LogP contribution in [0.25, 0.3) is 0 Å². The van der Waals surface area contributed by atoms with Crippen molar-refractivity contribution in [2.45, 2.75) is 29.9 Å². The van der Waals surface area contributed by atoms with Crippen LogP contribution in [0, 0.1) is 0 Å². The lowest BCUT2D eigenvalue weighted by Crippen LogP contribution is -2.34. The van der Waals surface area contributed by atoms with E-state index in [-0.39, 0.29) is 29.5 Å². The lowest BCUT2D eigenvalue weighted by Gasteiger charge is -2.24. The molecule has 1 aliphatic heterocycles. The average molecular weight is 438 g/mol. The molecule has 29 heavy (non-hydrogen) atoms. The standard InChI is InChI=1S/C20H27N3O4S2/c1-23(2)19(16-8-10-28-14-16)13-21-20(24)15-5-3-7-18(11-15)29(25,26)22-12-17-6-4-9-27-17/h3,5,7-8,10-11,14,17,19,22H,4,6,9,12-13H2,1-2H3,(H,21,24). The molecule has 0 aliphatic carbocycles. The average Bonchev–Trinajstić information content (AvgIpc) is 3.40. The highest BCUT2D eigenvalue weighted by atomic mass is 32.2. The third-order valence-electron chi connectivity index (χ3n) is 4.94. The summed E-state index contributed by atoms with van der Waals surface area (Å²) in [6.45, 7) is 1.34. The third-order valence-corrected chi connectivity index (χ3v) is 7.06. The van der Waals surface area contributed by atoms with Crippen LogP contribution in [-0.4, -0.2) is 59.1 Å². The minimum absolute atomic E-state index is 0.0465. The zero-order chi connectivity index (χ0) is 20.9. The van der Waals surface area contributed by atoms with Gasteiger partial charge in [0.25, 0.3) is 5.91 Å². The van der Waals surface area contributed by atoms with Gasteiger partial charge < -0.3 is 15.0 Å². The Labute approximate surface area is 176 Å². The van der Waals surface area contributed by atoms with E-state index < -0.39 is 10.0 Å². The van der Waals surface area contributed by atoms with Gasteiger partial charge in [-0.1, -0.05) is 6.07 Å². The highest BCUT2D eigenvalue weighted by molar-refractivity contribution is 7.89. The number of nitrogens with zero attached hydrogens (tertiary/aromatic N) is 1. The van der Waals surface area contributed by atoms with E-state index >= 15 is 0 Å². The number of ether oxygens (including phenoxy) is 1. The van der Waals surface area contributed by atoms with Gasteiger partial charge in [0.05, 0.1) is 17.0 Å². The fourth-order valence-electron chi connectivity index (χ4n) is 3.25. The predicted octanol–water partition coefficient (Wildman–Crippen LogP) is 2.24. The van der Waals surface area contributed by atoms with E-state index in [1.165, 1.54) is 12.1 Å². The summed E-state index contributed by atoms with van der Waals surface area (Å²) in [5.74, 6) is -0.303. The molecule has 2 atom stereocenters. The van der Waals surface area contributed by atoms with Gasteiger partial charge >= 0.3 is 0 Å². The number of hydrogen-bond donors (Lipinski definition) is 2. The maximum Gasteiger partial charge on any atom is 0.251 e. The van der Waals surface area contributed by atoms with Gasteiger partial charge in [0.1, 0.15) is 0 Å². The van der Waals surface area contributed by atoms with Crippen LogP contribution in [0.15, 0.2) is 46.0 Å². The zero-order valence-corrected chi connectivity index (χ0v) is 18.3. The van der Waals surface area contributed by atoms with E-state index in [2.05, 4.69) is 15.4 Å². The summed E-state index contributed by atoms with van der Waals surface area (Å²) in [7, 11) is 0.219. The van der Waals surface area contributed by atoms with Gasteiger partial charge in [-0.2, -0.15) is 11.3 Å². The molecule has 1 aromatic heterocycles. The Kier molecular flexibility index (Phi) is 7.42. The first-order valence-corrected chi connectivity index (χ1v) is 12.0. The van der Waals surface area contributed by atoms with Gasteiger partial charge in [-0.05, 0) is 67.5 Å². The molecule has 0 saturated carbocycles. The number of rotatable bonds is 9. The maximum atomic E-state index is 12.6. The van der Waals surface area contributed by atoms with Gasteiger partial charge in [0, 0.05) is 25.3 Å². The number of hydrogen-bond acceptors (Lipinski definition) is 6. The Hall–Kier alpha value is -1.78. The lowest BCUT2D eigenvalue weighted by molar-refractivity contribution is 0.0941. The summed E-state index contributed by atoms with van der Waals surface area (Å²) in [6, 6.07) is 8.17. The fourth-order valence-corrected chi connectivity index (χ4v) is 5.07. The molecule has 0 bridgehead atoms. The minimum atomic E-state index is -3.70. The van der Waals surface area contributed by atoms with E-state index in [9.17, 15) is 13.2 Å². The number of carbonyl (C=O) groups is 1. The van der Waals surface area contributed by atoms with Crippen LogP contribution in [0.1, 0.15) is 34.8 Å². The first-order chi connectivity index (χ1) is 13.9. The van der Waals surface area contributed by atoms with Crippen molar-refractivity contribution in [2.75, 3.05) is 33.8 Å². The van der Waals surface area contributed by atoms with E-state index in [0.29, 0.717) is 18.7 Å². The highest BCUT2D eigenvalue weighted by Gasteiger charge is 2.21. The second-order valence-electron chi connectivity index (χ2n) is 7.26.